The summed E-state index contributed by atoms with van der Waals surface area (Å²) in [5, 5.41) is 3.05. The Morgan fingerprint density at radius 3 is 2.61 bits per heavy atom. The maximum absolute atomic E-state index is 13.2. The smallest absolute Gasteiger partial charge is 0.244 e. The van der Waals surface area contributed by atoms with E-state index in [-0.39, 0.29) is 11.9 Å². The van der Waals surface area contributed by atoms with Crippen molar-refractivity contribution in [1.82, 2.24) is 5.32 Å². The predicted molar refractivity (Wildman–Crippen MR) is 121 cm³/mol. The highest BCUT2D eigenvalue weighted by atomic mass is 32.2. The molecule has 1 aliphatic heterocycles. The number of sulfonamides is 1. The van der Waals surface area contributed by atoms with Crippen LogP contribution in [-0.2, 0) is 14.8 Å². The summed E-state index contributed by atoms with van der Waals surface area (Å²) in [5.41, 5.74) is 1.86. The van der Waals surface area contributed by atoms with Gasteiger partial charge in [-0.2, -0.15) is 0 Å². The fourth-order valence-electron chi connectivity index (χ4n) is 3.95. The summed E-state index contributed by atoms with van der Waals surface area (Å²) in [7, 11) is -2.22. The number of hydrogen-bond donors (Lipinski definition) is 1. The van der Waals surface area contributed by atoms with Crippen molar-refractivity contribution in [3.05, 3.63) is 53.6 Å². The van der Waals surface area contributed by atoms with Crippen LogP contribution in [0.15, 0.2) is 42.5 Å². The molecule has 3 rings (SSSR count). The second-order valence-corrected chi connectivity index (χ2v) is 10.5. The molecule has 0 bridgehead atoms. The number of ether oxygens (including phenoxy) is 2. The molecule has 1 heterocycles. The van der Waals surface area contributed by atoms with E-state index in [4.69, 9.17) is 9.47 Å². The molecule has 8 heteroatoms. The normalized spacial score (nSPS) is 18.3. The van der Waals surface area contributed by atoms with E-state index in [1.165, 1.54) is 7.11 Å². The van der Waals surface area contributed by atoms with Gasteiger partial charge in [0.25, 0.3) is 0 Å². The fourth-order valence-corrected chi connectivity index (χ4v) is 5.12. The number of methoxy groups -OCH3 is 1. The van der Waals surface area contributed by atoms with Crippen molar-refractivity contribution in [2.75, 3.05) is 17.7 Å². The highest BCUT2D eigenvalue weighted by Gasteiger charge is 2.37. The maximum Gasteiger partial charge on any atom is 0.244 e. The van der Waals surface area contributed by atoms with Crippen molar-refractivity contribution in [3.63, 3.8) is 0 Å². The van der Waals surface area contributed by atoms with Gasteiger partial charge in [-0.1, -0.05) is 23.8 Å². The predicted octanol–water partition coefficient (Wildman–Crippen LogP) is 3.58. The van der Waals surface area contributed by atoms with Crippen LogP contribution in [0.3, 0.4) is 0 Å². The molecule has 0 saturated carbocycles. The minimum atomic E-state index is -3.73. The van der Waals surface area contributed by atoms with Gasteiger partial charge in [0.05, 0.1) is 25.1 Å². The minimum Gasteiger partial charge on any atom is -0.497 e. The Bertz CT molecular complexity index is 1080. The third-order valence-corrected chi connectivity index (χ3v) is 6.58. The number of anilines is 1. The highest BCUT2D eigenvalue weighted by molar-refractivity contribution is 7.92. The monoisotopic (exact) mass is 446 g/mol. The third-order valence-electron chi connectivity index (χ3n) is 5.34. The molecular formula is C23H30N2O5S. The van der Waals surface area contributed by atoms with Gasteiger partial charge in [-0.05, 0) is 45.9 Å². The van der Waals surface area contributed by atoms with Gasteiger partial charge in [-0.15, -0.1) is 0 Å². The summed E-state index contributed by atoms with van der Waals surface area (Å²) in [4.78, 5) is 13.2. The summed E-state index contributed by atoms with van der Waals surface area (Å²) >= 11 is 0. The van der Waals surface area contributed by atoms with E-state index in [9.17, 15) is 13.2 Å². The van der Waals surface area contributed by atoms with Gasteiger partial charge in [0, 0.05) is 18.1 Å². The molecule has 0 aliphatic carbocycles. The number of rotatable bonds is 6. The number of nitrogens with one attached hydrogen (secondary N) is 1. The number of carbonyl (C=O) groups excluding carboxylic acids is 1. The zero-order valence-electron chi connectivity index (χ0n) is 18.8. The first-order chi connectivity index (χ1) is 14.4. The van der Waals surface area contributed by atoms with Crippen LogP contribution in [0.1, 0.15) is 44.4 Å². The van der Waals surface area contributed by atoms with Crippen molar-refractivity contribution in [1.29, 1.82) is 0 Å². The molecule has 0 fully saturated rings. The number of nitrogens with zero attached hydrogens (tertiary/aromatic N) is 1. The van der Waals surface area contributed by atoms with Crippen molar-refractivity contribution in [3.8, 4) is 11.5 Å². The fraction of sp³-hybridized carbons (Fsp3) is 0.435. The van der Waals surface area contributed by atoms with E-state index in [1.54, 1.807) is 31.2 Å². The molecule has 7 nitrogen and oxygen atoms in total. The number of benzene rings is 2. The van der Waals surface area contributed by atoms with E-state index >= 15 is 0 Å². The lowest BCUT2D eigenvalue weighted by Gasteiger charge is -2.39. The van der Waals surface area contributed by atoms with Crippen molar-refractivity contribution in [2.45, 2.75) is 51.8 Å². The van der Waals surface area contributed by atoms with Gasteiger partial charge in [-0.3, -0.25) is 9.10 Å². The maximum atomic E-state index is 13.2. The quantitative estimate of drug-likeness (QED) is 0.733. The van der Waals surface area contributed by atoms with Gasteiger partial charge in [0.1, 0.15) is 23.1 Å². The van der Waals surface area contributed by atoms with E-state index < -0.39 is 21.7 Å². The second-order valence-electron chi connectivity index (χ2n) is 8.60. The van der Waals surface area contributed by atoms with Crippen LogP contribution < -0.4 is 19.1 Å². The van der Waals surface area contributed by atoms with Gasteiger partial charge in [0.2, 0.25) is 15.9 Å². The first-order valence-corrected chi connectivity index (χ1v) is 12.0. The van der Waals surface area contributed by atoms with E-state index in [2.05, 4.69) is 5.32 Å². The Kier molecular flexibility index (Phi) is 6.23. The SMILES string of the molecule is COc1cccc(N([C@H](C)C(=O)N[C@@H]2CC(C)(C)Oc3ccc(C)cc32)S(C)(=O)=O)c1. The summed E-state index contributed by atoms with van der Waals surface area (Å²) in [5.74, 6) is 0.852. The molecule has 1 aliphatic rings. The standard InChI is InChI=1S/C23H30N2O5S/c1-15-10-11-21-19(12-15)20(14-23(3,4)30-21)24-22(26)16(2)25(31(6,27)28)17-8-7-9-18(13-17)29-5/h7-13,16,20H,14H2,1-6H3,(H,24,26)/t16-,20-/m1/s1. The lowest BCUT2D eigenvalue weighted by atomic mass is 9.89. The van der Waals surface area contributed by atoms with Crippen LogP contribution in [0, 0.1) is 6.92 Å². The molecular weight excluding hydrogens is 416 g/mol. The molecule has 0 unspecified atom stereocenters. The van der Waals surface area contributed by atoms with Crippen molar-refractivity contribution in [2.24, 2.45) is 0 Å². The largest absolute Gasteiger partial charge is 0.497 e. The van der Waals surface area contributed by atoms with Crippen LogP contribution in [0.5, 0.6) is 11.5 Å². The van der Waals surface area contributed by atoms with Crippen LogP contribution in [-0.4, -0.2) is 39.3 Å². The molecule has 1 N–H and O–H groups in total. The molecule has 0 spiro atoms. The van der Waals surface area contributed by atoms with Crippen molar-refractivity contribution < 1.29 is 22.7 Å². The van der Waals surface area contributed by atoms with Gasteiger partial charge in [0.15, 0.2) is 0 Å². The van der Waals surface area contributed by atoms with Crippen LogP contribution in [0.2, 0.25) is 0 Å². The molecule has 31 heavy (non-hydrogen) atoms. The van der Waals surface area contributed by atoms with E-state index in [0.717, 1.165) is 27.4 Å². The van der Waals surface area contributed by atoms with Gasteiger partial charge < -0.3 is 14.8 Å². The molecule has 2 aromatic rings. The number of aryl methyl sites for hydroxylation is 1. The molecule has 168 valence electrons. The van der Waals surface area contributed by atoms with Crippen LogP contribution in [0.25, 0.3) is 0 Å². The first-order valence-electron chi connectivity index (χ1n) is 10.1. The summed E-state index contributed by atoms with van der Waals surface area (Å²) in [6.07, 6.45) is 1.66. The van der Waals surface area contributed by atoms with Gasteiger partial charge >= 0.3 is 0 Å². The van der Waals surface area contributed by atoms with Gasteiger partial charge in [-0.25, -0.2) is 8.42 Å². The lowest BCUT2D eigenvalue weighted by molar-refractivity contribution is -0.123. The summed E-state index contributed by atoms with van der Waals surface area (Å²) in [6.45, 7) is 7.50. The second kappa shape index (κ2) is 8.42. The topological polar surface area (TPSA) is 84.9 Å². The zero-order chi connectivity index (χ0) is 23.0. The Hall–Kier alpha value is -2.74. The Morgan fingerprint density at radius 1 is 1.26 bits per heavy atom. The molecule has 1 amide bonds. The number of amides is 1. The molecule has 0 saturated heterocycles. The molecule has 0 aromatic heterocycles. The van der Waals surface area contributed by atoms with E-state index in [0.29, 0.717) is 17.9 Å². The molecule has 0 radical (unpaired) electrons. The Balaban J connectivity index is 1.92. The third kappa shape index (κ3) is 5.12. The minimum absolute atomic E-state index is 0.291. The first kappa shape index (κ1) is 22.9. The number of carbonyl (C=O) groups is 1. The average molecular weight is 447 g/mol. The zero-order valence-corrected chi connectivity index (χ0v) is 19.6. The van der Waals surface area contributed by atoms with Crippen molar-refractivity contribution >= 4 is 21.6 Å². The Labute approximate surface area is 184 Å². The summed E-state index contributed by atoms with van der Waals surface area (Å²) < 4.78 is 37.6. The number of fused-ring (bicyclic) bond motifs is 1. The van der Waals surface area contributed by atoms with Crippen LogP contribution >= 0.6 is 0 Å². The molecule has 2 aromatic carbocycles. The average Bonchev–Trinajstić information content (AvgIpc) is 2.67. The highest BCUT2D eigenvalue weighted by Crippen LogP contribution is 2.40. The summed E-state index contributed by atoms with van der Waals surface area (Å²) in [6, 6.07) is 11.3. The van der Waals surface area contributed by atoms with E-state index in [1.807, 2.05) is 39.0 Å². The molecule has 2 atom stereocenters. The van der Waals surface area contributed by atoms with Crippen LogP contribution in [0.4, 0.5) is 5.69 Å². The number of hydrogen-bond acceptors (Lipinski definition) is 5. The lowest BCUT2D eigenvalue weighted by Crippen LogP contribution is -2.50. The Morgan fingerprint density at radius 2 is 1.97 bits per heavy atom.